The highest BCUT2D eigenvalue weighted by Gasteiger charge is 2.26. The average Bonchev–Trinajstić information content (AvgIpc) is 2.38. The van der Waals surface area contributed by atoms with Crippen molar-refractivity contribution in [3.8, 4) is 0 Å². The Balaban J connectivity index is 2.54. The van der Waals surface area contributed by atoms with E-state index in [1.807, 2.05) is 13.0 Å². The van der Waals surface area contributed by atoms with Crippen molar-refractivity contribution in [2.24, 2.45) is 17.8 Å². The molecule has 0 unspecified atom stereocenters. The Morgan fingerprint density at radius 2 is 2.25 bits per heavy atom. The molecule has 0 N–H and O–H groups in total. The van der Waals surface area contributed by atoms with Crippen LogP contribution in [0.1, 0.15) is 33.6 Å². The third kappa shape index (κ3) is 3.80. The fourth-order valence-electron chi connectivity index (χ4n) is 1.99. The molecule has 0 saturated carbocycles. The number of carbonyl (C=O) groups is 2. The van der Waals surface area contributed by atoms with Crippen LogP contribution in [0.25, 0.3) is 0 Å². The Kier molecular flexibility index (Phi) is 4.71. The van der Waals surface area contributed by atoms with Crippen molar-refractivity contribution in [3.63, 3.8) is 0 Å². The van der Waals surface area contributed by atoms with Gasteiger partial charge in [-0.05, 0) is 24.8 Å². The Bertz CT molecular complexity index is 294. The van der Waals surface area contributed by atoms with Gasteiger partial charge in [-0.2, -0.15) is 0 Å². The number of esters is 1. The molecule has 1 aliphatic rings. The Morgan fingerprint density at radius 3 is 2.88 bits per heavy atom. The second-order valence-corrected chi connectivity index (χ2v) is 4.70. The number of rotatable bonds is 3. The first-order valence-electron chi connectivity index (χ1n) is 5.86. The Labute approximate surface area is 96.9 Å². The molecule has 0 saturated heterocycles. The second-order valence-electron chi connectivity index (χ2n) is 4.70. The molecular formula is C13H20O3. The molecule has 16 heavy (non-hydrogen) atoms. The molecule has 0 amide bonds. The zero-order valence-electron chi connectivity index (χ0n) is 10.2. The smallest absolute Gasteiger partial charge is 0.302 e. The van der Waals surface area contributed by atoms with Gasteiger partial charge in [0.2, 0.25) is 0 Å². The number of ketones is 1. The van der Waals surface area contributed by atoms with E-state index in [4.69, 9.17) is 4.74 Å². The van der Waals surface area contributed by atoms with Crippen LogP contribution in [-0.2, 0) is 14.3 Å². The Hall–Kier alpha value is -1.12. The van der Waals surface area contributed by atoms with Crippen molar-refractivity contribution in [2.75, 3.05) is 6.61 Å². The summed E-state index contributed by atoms with van der Waals surface area (Å²) in [6.45, 7) is 5.82. The van der Waals surface area contributed by atoms with E-state index in [1.54, 1.807) is 6.08 Å². The first-order chi connectivity index (χ1) is 7.50. The maximum atomic E-state index is 11.8. The summed E-state index contributed by atoms with van der Waals surface area (Å²) in [5.74, 6) is 0.461. The van der Waals surface area contributed by atoms with E-state index < -0.39 is 0 Å². The summed E-state index contributed by atoms with van der Waals surface area (Å²) in [4.78, 5) is 22.5. The van der Waals surface area contributed by atoms with Gasteiger partial charge in [0.15, 0.2) is 5.78 Å². The number of hydrogen-bond donors (Lipinski definition) is 0. The standard InChI is InChI=1S/C13H20O3/c1-9-4-6-12(13(15)7-5-9)10(2)8-16-11(3)14/h5,7,9-10,12H,4,6,8H2,1-3H3/t9-,10-,12-/m0/s1. The lowest BCUT2D eigenvalue weighted by molar-refractivity contribution is -0.143. The van der Waals surface area contributed by atoms with Crippen molar-refractivity contribution < 1.29 is 14.3 Å². The molecule has 3 heteroatoms. The highest BCUT2D eigenvalue weighted by molar-refractivity contribution is 5.92. The molecule has 0 aromatic carbocycles. The molecule has 0 bridgehead atoms. The molecule has 0 aliphatic heterocycles. The maximum absolute atomic E-state index is 11.8. The van der Waals surface area contributed by atoms with Crippen molar-refractivity contribution in [3.05, 3.63) is 12.2 Å². The highest BCUT2D eigenvalue weighted by Crippen LogP contribution is 2.25. The molecule has 1 rings (SSSR count). The van der Waals surface area contributed by atoms with Crippen molar-refractivity contribution in [1.29, 1.82) is 0 Å². The van der Waals surface area contributed by atoms with Gasteiger partial charge in [0.05, 0.1) is 6.61 Å². The fourth-order valence-corrected chi connectivity index (χ4v) is 1.99. The van der Waals surface area contributed by atoms with E-state index in [0.29, 0.717) is 12.5 Å². The summed E-state index contributed by atoms with van der Waals surface area (Å²) in [6, 6.07) is 0. The van der Waals surface area contributed by atoms with Crippen LogP contribution < -0.4 is 0 Å². The van der Waals surface area contributed by atoms with E-state index in [9.17, 15) is 9.59 Å². The van der Waals surface area contributed by atoms with E-state index >= 15 is 0 Å². The van der Waals surface area contributed by atoms with E-state index in [1.165, 1.54) is 6.92 Å². The van der Waals surface area contributed by atoms with Gasteiger partial charge < -0.3 is 4.74 Å². The molecule has 0 aromatic rings. The van der Waals surface area contributed by atoms with Gasteiger partial charge in [-0.15, -0.1) is 0 Å². The van der Waals surface area contributed by atoms with Gasteiger partial charge in [-0.25, -0.2) is 0 Å². The quantitative estimate of drug-likeness (QED) is 0.691. The lowest BCUT2D eigenvalue weighted by Crippen LogP contribution is -2.24. The van der Waals surface area contributed by atoms with Gasteiger partial charge in [0, 0.05) is 18.8 Å². The van der Waals surface area contributed by atoms with Gasteiger partial charge in [-0.1, -0.05) is 19.9 Å². The molecule has 3 atom stereocenters. The minimum Gasteiger partial charge on any atom is -0.466 e. The summed E-state index contributed by atoms with van der Waals surface area (Å²) in [5.41, 5.74) is 0. The molecule has 0 aromatic heterocycles. The van der Waals surface area contributed by atoms with Crippen molar-refractivity contribution >= 4 is 11.8 Å². The van der Waals surface area contributed by atoms with E-state index in [2.05, 4.69) is 6.92 Å². The topological polar surface area (TPSA) is 43.4 Å². The third-order valence-electron chi connectivity index (χ3n) is 3.12. The molecule has 0 fully saturated rings. The predicted octanol–water partition coefficient (Wildman–Crippen LogP) is 2.36. The average molecular weight is 224 g/mol. The Morgan fingerprint density at radius 1 is 1.56 bits per heavy atom. The zero-order valence-corrected chi connectivity index (χ0v) is 10.2. The summed E-state index contributed by atoms with van der Waals surface area (Å²) < 4.78 is 4.96. The van der Waals surface area contributed by atoms with Crippen LogP contribution in [0, 0.1) is 17.8 Å². The predicted molar refractivity (Wildman–Crippen MR) is 61.8 cm³/mol. The fraction of sp³-hybridized carbons (Fsp3) is 0.692. The monoisotopic (exact) mass is 224 g/mol. The van der Waals surface area contributed by atoms with E-state index in [0.717, 1.165) is 12.8 Å². The normalized spacial score (nSPS) is 27.3. The van der Waals surface area contributed by atoms with E-state index in [-0.39, 0.29) is 23.6 Å². The molecule has 1 aliphatic carbocycles. The van der Waals surface area contributed by atoms with Crippen LogP contribution >= 0.6 is 0 Å². The SMILES string of the molecule is CC(=O)OC[C@H](C)[C@@H]1CC[C@H](C)C=CC1=O. The molecule has 0 radical (unpaired) electrons. The largest absolute Gasteiger partial charge is 0.466 e. The number of allylic oxidation sites excluding steroid dienone is 2. The maximum Gasteiger partial charge on any atom is 0.302 e. The van der Waals surface area contributed by atoms with Crippen molar-refractivity contribution in [2.45, 2.75) is 33.6 Å². The van der Waals surface area contributed by atoms with Crippen molar-refractivity contribution in [1.82, 2.24) is 0 Å². The second kappa shape index (κ2) is 5.83. The third-order valence-corrected chi connectivity index (χ3v) is 3.12. The molecule has 0 heterocycles. The molecular weight excluding hydrogens is 204 g/mol. The summed E-state index contributed by atoms with van der Waals surface area (Å²) in [5, 5.41) is 0. The number of ether oxygens (including phenoxy) is 1. The summed E-state index contributed by atoms with van der Waals surface area (Å²) in [6.07, 6.45) is 5.57. The first kappa shape index (κ1) is 12.9. The zero-order chi connectivity index (χ0) is 12.1. The minimum absolute atomic E-state index is 0.000509. The number of carbonyl (C=O) groups excluding carboxylic acids is 2. The summed E-state index contributed by atoms with van der Waals surface area (Å²) >= 11 is 0. The van der Waals surface area contributed by atoms with Gasteiger partial charge in [-0.3, -0.25) is 9.59 Å². The summed E-state index contributed by atoms with van der Waals surface area (Å²) in [7, 11) is 0. The first-order valence-corrected chi connectivity index (χ1v) is 5.86. The highest BCUT2D eigenvalue weighted by atomic mass is 16.5. The molecule has 3 nitrogen and oxygen atoms in total. The molecule has 90 valence electrons. The van der Waals surface area contributed by atoms with Crippen LogP contribution in [-0.4, -0.2) is 18.4 Å². The van der Waals surface area contributed by atoms with Crippen LogP contribution in [0.4, 0.5) is 0 Å². The van der Waals surface area contributed by atoms with Crippen LogP contribution in [0.3, 0.4) is 0 Å². The minimum atomic E-state index is -0.281. The number of hydrogen-bond acceptors (Lipinski definition) is 3. The van der Waals surface area contributed by atoms with Crippen LogP contribution in [0.2, 0.25) is 0 Å². The van der Waals surface area contributed by atoms with Gasteiger partial charge in [0.1, 0.15) is 0 Å². The lowest BCUT2D eigenvalue weighted by atomic mass is 9.87. The van der Waals surface area contributed by atoms with Crippen LogP contribution in [0.15, 0.2) is 12.2 Å². The lowest BCUT2D eigenvalue weighted by Gasteiger charge is -2.20. The van der Waals surface area contributed by atoms with Gasteiger partial charge >= 0.3 is 5.97 Å². The van der Waals surface area contributed by atoms with Gasteiger partial charge in [0.25, 0.3) is 0 Å². The van der Waals surface area contributed by atoms with Crippen LogP contribution in [0.5, 0.6) is 0 Å². The molecule has 0 spiro atoms.